The molecule has 9 heteroatoms. The number of hydrogen-bond acceptors (Lipinski definition) is 7. The molecular formula is C11H20NO7P. The average Bonchev–Trinajstić information content (AvgIpc) is 2.41. The molecule has 8 nitrogen and oxygen atoms in total. The predicted octanol–water partition coefficient (Wildman–Crippen LogP) is 0.862. The van der Waals surface area contributed by atoms with Crippen LogP contribution in [0.3, 0.4) is 0 Å². The van der Waals surface area contributed by atoms with Gasteiger partial charge in [-0.1, -0.05) is 13.8 Å². The Morgan fingerprint density at radius 2 is 2.05 bits per heavy atom. The molecule has 0 aliphatic carbocycles. The summed E-state index contributed by atoms with van der Waals surface area (Å²) < 4.78 is 31.2. The zero-order chi connectivity index (χ0) is 15.4. The number of phosphoric ester groups is 1. The summed E-state index contributed by atoms with van der Waals surface area (Å²) in [5, 5.41) is 2.54. The number of rotatable bonds is 5. The molecule has 0 aromatic rings. The van der Waals surface area contributed by atoms with Gasteiger partial charge in [-0.2, -0.15) is 0 Å². The maximum atomic E-state index is 12.1. The number of ether oxygens (including phenoxy) is 1. The number of carbonyl (C=O) groups is 2. The molecule has 0 aromatic carbocycles. The van der Waals surface area contributed by atoms with Crippen LogP contribution in [0.15, 0.2) is 0 Å². The summed E-state index contributed by atoms with van der Waals surface area (Å²) >= 11 is 0. The SMILES string of the molecule is COC(=O)CCNC(=O)[C@@H]1OP(=O)(OC)OCC1(C)C. The van der Waals surface area contributed by atoms with Crippen LogP contribution in [0.4, 0.5) is 0 Å². The van der Waals surface area contributed by atoms with Crippen LogP contribution in [0.5, 0.6) is 0 Å². The van der Waals surface area contributed by atoms with Crippen LogP contribution < -0.4 is 5.32 Å². The van der Waals surface area contributed by atoms with E-state index in [-0.39, 0.29) is 19.6 Å². The molecule has 1 amide bonds. The first-order valence-corrected chi connectivity index (χ1v) is 7.53. The largest absolute Gasteiger partial charge is 0.475 e. The van der Waals surface area contributed by atoms with Gasteiger partial charge >= 0.3 is 13.8 Å². The van der Waals surface area contributed by atoms with Gasteiger partial charge in [0.05, 0.1) is 20.1 Å². The molecule has 1 aliphatic heterocycles. The van der Waals surface area contributed by atoms with E-state index in [0.717, 1.165) is 0 Å². The molecule has 1 saturated heterocycles. The summed E-state index contributed by atoms with van der Waals surface area (Å²) in [6.07, 6.45) is -0.937. The van der Waals surface area contributed by atoms with Crippen molar-refractivity contribution in [2.24, 2.45) is 5.41 Å². The van der Waals surface area contributed by atoms with E-state index < -0.39 is 31.2 Å². The minimum absolute atomic E-state index is 0.0494. The average molecular weight is 309 g/mol. The molecule has 20 heavy (non-hydrogen) atoms. The fraction of sp³-hybridized carbons (Fsp3) is 0.818. The van der Waals surface area contributed by atoms with Crippen LogP contribution in [-0.2, 0) is 32.5 Å². The Kier molecular flexibility index (Phi) is 5.70. The van der Waals surface area contributed by atoms with E-state index in [1.807, 2.05) is 0 Å². The van der Waals surface area contributed by atoms with Crippen LogP contribution in [-0.4, -0.2) is 45.4 Å². The summed E-state index contributed by atoms with van der Waals surface area (Å²) in [5.74, 6) is -0.903. The van der Waals surface area contributed by atoms with Crippen LogP contribution in [0.2, 0.25) is 0 Å². The Bertz CT molecular complexity index is 423. The number of amides is 1. The number of carbonyl (C=O) groups excluding carboxylic acids is 2. The normalized spacial score (nSPS) is 28.7. The monoisotopic (exact) mass is 309 g/mol. The summed E-state index contributed by atoms with van der Waals surface area (Å²) in [5.41, 5.74) is -0.665. The Morgan fingerprint density at radius 1 is 1.40 bits per heavy atom. The van der Waals surface area contributed by atoms with Gasteiger partial charge in [-0.3, -0.25) is 23.2 Å². The van der Waals surface area contributed by atoms with Gasteiger partial charge in [0.1, 0.15) is 0 Å². The molecule has 0 bridgehead atoms. The van der Waals surface area contributed by atoms with Gasteiger partial charge in [0, 0.05) is 19.1 Å². The van der Waals surface area contributed by atoms with Gasteiger partial charge in [-0.15, -0.1) is 0 Å². The van der Waals surface area contributed by atoms with Crippen molar-refractivity contribution in [3.8, 4) is 0 Å². The fourth-order valence-electron chi connectivity index (χ4n) is 1.60. The van der Waals surface area contributed by atoms with E-state index in [0.29, 0.717) is 0 Å². The first-order valence-electron chi connectivity index (χ1n) is 6.07. The Hall–Kier alpha value is -0.950. The number of hydrogen-bond donors (Lipinski definition) is 1. The summed E-state index contributed by atoms with van der Waals surface area (Å²) in [6.45, 7) is 3.67. The number of nitrogens with one attached hydrogen (secondary N) is 1. The lowest BCUT2D eigenvalue weighted by Gasteiger charge is -2.39. The predicted molar refractivity (Wildman–Crippen MR) is 68.9 cm³/mol. The van der Waals surface area contributed by atoms with Gasteiger partial charge in [0.2, 0.25) is 5.91 Å². The van der Waals surface area contributed by atoms with Crippen molar-refractivity contribution in [1.82, 2.24) is 5.32 Å². The Labute approximate surface area is 117 Å². The third-order valence-electron chi connectivity index (χ3n) is 2.86. The zero-order valence-corrected chi connectivity index (χ0v) is 12.9. The number of esters is 1. The highest BCUT2D eigenvalue weighted by Crippen LogP contribution is 2.56. The van der Waals surface area contributed by atoms with Crippen molar-refractivity contribution in [3.05, 3.63) is 0 Å². The molecule has 1 aliphatic rings. The molecule has 0 spiro atoms. The minimum Gasteiger partial charge on any atom is -0.469 e. The highest BCUT2D eigenvalue weighted by molar-refractivity contribution is 7.48. The third-order valence-corrected chi connectivity index (χ3v) is 4.22. The quantitative estimate of drug-likeness (QED) is 0.594. The lowest BCUT2D eigenvalue weighted by atomic mass is 9.87. The Balaban J connectivity index is 2.63. The second kappa shape index (κ2) is 6.67. The van der Waals surface area contributed by atoms with Crippen molar-refractivity contribution in [1.29, 1.82) is 0 Å². The molecule has 1 unspecified atom stereocenters. The summed E-state index contributed by atoms with van der Waals surface area (Å²) in [6, 6.07) is 0. The second-order valence-electron chi connectivity index (χ2n) is 4.99. The first-order chi connectivity index (χ1) is 9.24. The minimum atomic E-state index is -3.69. The van der Waals surface area contributed by atoms with Crippen LogP contribution in [0.1, 0.15) is 20.3 Å². The molecule has 0 radical (unpaired) electrons. The second-order valence-corrected chi connectivity index (χ2v) is 6.72. The molecule has 1 rings (SSSR count). The maximum absolute atomic E-state index is 12.1. The maximum Gasteiger partial charge on any atom is 0.475 e. The molecular weight excluding hydrogens is 289 g/mol. The van der Waals surface area contributed by atoms with Gasteiger partial charge in [0.15, 0.2) is 6.10 Å². The van der Waals surface area contributed by atoms with Crippen LogP contribution in [0.25, 0.3) is 0 Å². The topological polar surface area (TPSA) is 100 Å². The molecule has 1 heterocycles. The Morgan fingerprint density at radius 3 is 2.60 bits per heavy atom. The molecule has 0 saturated carbocycles. The highest BCUT2D eigenvalue weighted by Gasteiger charge is 2.48. The van der Waals surface area contributed by atoms with Gasteiger partial charge < -0.3 is 10.1 Å². The molecule has 2 atom stereocenters. The van der Waals surface area contributed by atoms with E-state index in [1.54, 1.807) is 13.8 Å². The first kappa shape index (κ1) is 17.1. The van der Waals surface area contributed by atoms with Crippen molar-refractivity contribution < 1.29 is 32.5 Å². The molecule has 0 aromatic heterocycles. The van der Waals surface area contributed by atoms with Crippen molar-refractivity contribution in [3.63, 3.8) is 0 Å². The van der Waals surface area contributed by atoms with Crippen LogP contribution >= 0.6 is 7.82 Å². The van der Waals surface area contributed by atoms with Crippen molar-refractivity contribution in [2.75, 3.05) is 27.4 Å². The van der Waals surface area contributed by atoms with Gasteiger partial charge in [-0.05, 0) is 0 Å². The van der Waals surface area contributed by atoms with E-state index in [2.05, 4.69) is 14.6 Å². The molecule has 116 valence electrons. The lowest BCUT2D eigenvalue weighted by Crippen LogP contribution is -2.49. The number of methoxy groups -OCH3 is 1. The number of phosphoric acid groups is 1. The standard InChI is InChI=1S/C11H20NO7P/c1-11(2)7-18-20(15,17-4)19-9(11)10(14)12-6-5-8(13)16-3/h9H,5-7H2,1-4H3,(H,12,14)/t9-,20?/m0/s1. The molecule has 1 N–H and O–H groups in total. The van der Waals surface area contributed by atoms with Gasteiger partial charge in [0.25, 0.3) is 0 Å². The fourth-order valence-corrected chi connectivity index (χ4v) is 2.99. The third kappa shape index (κ3) is 4.28. The van der Waals surface area contributed by atoms with Crippen molar-refractivity contribution >= 4 is 19.7 Å². The summed E-state index contributed by atoms with van der Waals surface area (Å²) in [7, 11) is -1.24. The highest BCUT2D eigenvalue weighted by atomic mass is 31.2. The smallest absolute Gasteiger partial charge is 0.469 e. The lowest BCUT2D eigenvalue weighted by molar-refractivity contribution is -0.142. The van der Waals surface area contributed by atoms with Gasteiger partial charge in [-0.25, -0.2) is 4.57 Å². The molecule has 1 fully saturated rings. The van der Waals surface area contributed by atoms with E-state index in [1.165, 1.54) is 14.2 Å². The van der Waals surface area contributed by atoms with Crippen LogP contribution in [0, 0.1) is 5.41 Å². The van der Waals surface area contributed by atoms with E-state index in [4.69, 9.17) is 9.05 Å². The van der Waals surface area contributed by atoms with E-state index >= 15 is 0 Å². The summed E-state index contributed by atoms with van der Waals surface area (Å²) in [4.78, 5) is 23.0. The van der Waals surface area contributed by atoms with E-state index in [9.17, 15) is 14.2 Å². The zero-order valence-electron chi connectivity index (χ0n) is 12.0. The van der Waals surface area contributed by atoms with Crippen molar-refractivity contribution in [2.45, 2.75) is 26.4 Å².